The van der Waals surface area contributed by atoms with E-state index in [1.54, 1.807) is 44.2 Å². The molecule has 1 atom stereocenters. The molecule has 2 rings (SSSR count). The number of carbonyl (C=O) groups is 2. The van der Waals surface area contributed by atoms with Crippen molar-refractivity contribution in [3.8, 4) is 0 Å². The molecule has 0 aromatic heterocycles. The van der Waals surface area contributed by atoms with Crippen LogP contribution in [0.4, 0.5) is 5.69 Å². The highest BCUT2D eigenvalue weighted by Gasteiger charge is 2.32. The summed E-state index contributed by atoms with van der Waals surface area (Å²) in [5.74, 6) is -0.974. The highest BCUT2D eigenvalue weighted by Crippen LogP contribution is 2.27. The molecule has 2 amide bonds. The van der Waals surface area contributed by atoms with Gasteiger partial charge >= 0.3 is 0 Å². The van der Waals surface area contributed by atoms with Gasteiger partial charge in [-0.15, -0.1) is 0 Å². The maximum absolute atomic E-state index is 13.6. The van der Waals surface area contributed by atoms with Crippen molar-refractivity contribution in [2.75, 3.05) is 17.1 Å². The molecule has 35 heavy (non-hydrogen) atoms. The lowest BCUT2D eigenvalue weighted by atomic mass is 10.1. The summed E-state index contributed by atoms with van der Waals surface area (Å²) < 4.78 is 26.4. The SMILES string of the molecule is Cc1ccc(Cl)cc1N(CC(=O)N(Cc1ccc(Cl)cc1Cl)C(C)C(=O)NC(C)(C)C)S(C)(=O)=O. The molecular weight excluding hydrogens is 533 g/mol. The largest absolute Gasteiger partial charge is 0.350 e. The van der Waals surface area contributed by atoms with Crippen molar-refractivity contribution < 1.29 is 18.0 Å². The van der Waals surface area contributed by atoms with Crippen LogP contribution in [0.3, 0.4) is 0 Å². The van der Waals surface area contributed by atoms with Gasteiger partial charge in [-0.05, 0) is 70.0 Å². The van der Waals surface area contributed by atoms with Crippen LogP contribution in [-0.4, -0.2) is 49.5 Å². The Hall–Kier alpha value is -2.00. The second-order valence-electron chi connectivity index (χ2n) is 9.37. The highest BCUT2D eigenvalue weighted by atomic mass is 35.5. The second-order valence-corrected chi connectivity index (χ2v) is 12.6. The number of hydrogen-bond acceptors (Lipinski definition) is 4. The lowest BCUT2D eigenvalue weighted by Gasteiger charge is -2.33. The smallest absolute Gasteiger partial charge is 0.244 e. The average Bonchev–Trinajstić information content (AvgIpc) is 2.70. The molecule has 11 heteroatoms. The van der Waals surface area contributed by atoms with Gasteiger partial charge in [0.1, 0.15) is 12.6 Å². The van der Waals surface area contributed by atoms with E-state index in [0.717, 1.165) is 10.6 Å². The first-order chi connectivity index (χ1) is 16.0. The topological polar surface area (TPSA) is 86.8 Å². The Kier molecular flexibility index (Phi) is 9.50. The second kappa shape index (κ2) is 11.4. The first-order valence-corrected chi connectivity index (χ1v) is 13.8. The number of rotatable bonds is 8. The van der Waals surface area contributed by atoms with Crippen LogP contribution in [0.1, 0.15) is 38.8 Å². The quantitative estimate of drug-likeness (QED) is 0.488. The fourth-order valence-electron chi connectivity index (χ4n) is 3.34. The molecule has 0 radical (unpaired) electrons. The Labute approximate surface area is 222 Å². The van der Waals surface area contributed by atoms with Crippen LogP contribution in [0.25, 0.3) is 0 Å². The van der Waals surface area contributed by atoms with Gasteiger partial charge in [-0.3, -0.25) is 13.9 Å². The predicted octanol–water partition coefficient (Wildman–Crippen LogP) is 5.05. The number of amides is 2. The molecule has 0 aliphatic carbocycles. The van der Waals surface area contributed by atoms with Crippen LogP contribution < -0.4 is 9.62 Å². The molecule has 1 unspecified atom stereocenters. The number of anilines is 1. The number of halogens is 3. The Morgan fingerprint density at radius 1 is 1.03 bits per heavy atom. The lowest BCUT2D eigenvalue weighted by Crippen LogP contribution is -2.54. The monoisotopic (exact) mass is 561 g/mol. The summed E-state index contributed by atoms with van der Waals surface area (Å²) in [5, 5.41) is 3.94. The Morgan fingerprint density at radius 3 is 2.14 bits per heavy atom. The van der Waals surface area contributed by atoms with Crippen molar-refractivity contribution in [2.45, 2.75) is 52.7 Å². The van der Waals surface area contributed by atoms with Gasteiger partial charge in [0.15, 0.2) is 0 Å². The maximum Gasteiger partial charge on any atom is 0.244 e. The number of aryl methyl sites for hydroxylation is 1. The van der Waals surface area contributed by atoms with Gasteiger partial charge in [0.2, 0.25) is 21.8 Å². The summed E-state index contributed by atoms with van der Waals surface area (Å²) in [6.45, 7) is 8.22. The summed E-state index contributed by atoms with van der Waals surface area (Å²) in [6, 6.07) is 8.70. The van der Waals surface area contributed by atoms with Crippen molar-refractivity contribution in [1.82, 2.24) is 10.2 Å². The molecule has 0 aliphatic rings. The normalized spacial score (nSPS) is 12.7. The van der Waals surface area contributed by atoms with Gasteiger partial charge in [0.25, 0.3) is 0 Å². The molecule has 2 aromatic carbocycles. The molecule has 0 saturated heterocycles. The zero-order valence-corrected chi connectivity index (χ0v) is 23.6. The van der Waals surface area contributed by atoms with Gasteiger partial charge in [0, 0.05) is 27.2 Å². The summed E-state index contributed by atoms with van der Waals surface area (Å²) >= 11 is 18.4. The fraction of sp³-hybridized carbons (Fsp3) is 0.417. The zero-order valence-electron chi connectivity index (χ0n) is 20.5. The Balaban J connectivity index is 2.49. The van der Waals surface area contributed by atoms with E-state index in [-0.39, 0.29) is 18.1 Å². The highest BCUT2D eigenvalue weighted by molar-refractivity contribution is 7.92. The first-order valence-electron chi connectivity index (χ1n) is 10.8. The third-order valence-corrected chi connectivity index (χ3v) is 7.09. The number of carbonyl (C=O) groups excluding carboxylic acids is 2. The molecule has 7 nitrogen and oxygen atoms in total. The summed E-state index contributed by atoms with van der Waals surface area (Å²) in [4.78, 5) is 27.9. The Bertz CT molecular complexity index is 1210. The van der Waals surface area contributed by atoms with E-state index < -0.39 is 34.1 Å². The Morgan fingerprint density at radius 2 is 1.60 bits per heavy atom. The van der Waals surface area contributed by atoms with Crippen LogP contribution >= 0.6 is 34.8 Å². The third-order valence-electron chi connectivity index (χ3n) is 5.14. The number of sulfonamides is 1. The van der Waals surface area contributed by atoms with E-state index in [9.17, 15) is 18.0 Å². The van der Waals surface area contributed by atoms with Crippen molar-refractivity contribution in [3.63, 3.8) is 0 Å². The van der Waals surface area contributed by atoms with Gasteiger partial charge in [-0.1, -0.05) is 46.9 Å². The van der Waals surface area contributed by atoms with Gasteiger partial charge in [0.05, 0.1) is 11.9 Å². The fourth-order valence-corrected chi connectivity index (χ4v) is 4.87. The van der Waals surface area contributed by atoms with E-state index in [1.807, 2.05) is 20.8 Å². The maximum atomic E-state index is 13.6. The predicted molar refractivity (Wildman–Crippen MR) is 143 cm³/mol. The number of nitrogens with one attached hydrogen (secondary N) is 1. The molecule has 0 fully saturated rings. The average molecular weight is 563 g/mol. The third kappa shape index (κ3) is 8.27. The minimum atomic E-state index is -3.86. The van der Waals surface area contributed by atoms with E-state index in [2.05, 4.69) is 5.32 Å². The molecule has 192 valence electrons. The summed E-state index contributed by atoms with van der Waals surface area (Å²) in [5.41, 5.74) is 0.932. The standard InChI is InChI=1S/C24H30Cl3N3O4S/c1-15-7-9-19(26)12-21(15)30(35(6,33)34)14-22(31)29(16(2)23(32)28-24(3,4)5)13-17-8-10-18(25)11-20(17)27/h7-12,16H,13-14H2,1-6H3,(H,28,32). The molecule has 0 aliphatic heterocycles. The van der Waals surface area contributed by atoms with Gasteiger partial charge < -0.3 is 10.2 Å². The molecule has 0 bridgehead atoms. The minimum absolute atomic E-state index is 0.0281. The van der Waals surface area contributed by atoms with Gasteiger partial charge in [-0.2, -0.15) is 0 Å². The van der Waals surface area contributed by atoms with E-state index in [4.69, 9.17) is 34.8 Å². The van der Waals surface area contributed by atoms with Gasteiger partial charge in [-0.25, -0.2) is 8.42 Å². The molecule has 0 heterocycles. The van der Waals surface area contributed by atoms with Crippen molar-refractivity contribution in [2.24, 2.45) is 0 Å². The molecule has 0 saturated carbocycles. The zero-order chi connectivity index (χ0) is 26.7. The van der Waals surface area contributed by atoms with Crippen LogP contribution in [0, 0.1) is 6.92 Å². The molecule has 2 aromatic rings. The first kappa shape index (κ1) is 29.2. The van der Waals surface area contributed by atoms with Crippen molar-refractivity contribution >= 4 is 62.3 Å². The van der Waals surface area contributed by atoms with Crippen LogP contribution in [0.15, 0.2) is 36.4 Å². The number of nitrogens with zero attached hydrogens (tertiary/aromatic N) is 2. The van der Waals surface area contributed by atoms with E-state index >= 15 is 0 Å². The summed E-state index contributed by atoms with van der Waals surface area (Å²) in [6.07, 6.45) is 1.01. The van der Waals surface area contributed by atoms with Crippen LogP contribution in [0.5, 0.6) is 0 Å². The number of hydrogen-bond donors (Lipinski definition) is 1. The molecular formula is C24H30Cl3N3O4S. The van der Waals surface area contributed by atoms with Crippen molar-refractivity contribution in [3.05, 3.63) is 62.6 Å². The minimum Gasteiger partial charge on any atom is -0.350 e. The van der Waals surface area contributed by atoms with Crippen molar-refractivity contribution in [1.29, 1.82) is 0 Å². The van der Waals surface area contributed by atoms with E-state index in [1.165, 1.54) is 11.0 Å². The molecule has 0 spiro atoms. The van der Waals surface area contributed by atoms with E-state index in [0.29, 0.717) is 26.2 Å². The molecule has 1 N–H and O–H groups in total. The number of benzene rings is 2. The van der Waals surface area contributed by atoms with Crippen LogP contribution in [-0.2, 0) is 26.2 Å². The lowest BCUT2D eigenvalue weighted by molar-refractivity contribution is -0.140. The van der Waals surface area contributed by atoms with Crippen LogP contribution in [0.2, 0.25) is 15.1 Å². The summed E-state index contributed by atoms with van der Waals surface area (Å²) in [7, 11) is -3.86.